The Labute approximate surface area is 101 Å². The number of ether oxygens (including phenoxy) is 1. The molecule has 2 aromatic rings. The molecule has 2 rings (SSSR count). The lowest BCUT2D eigenvalue weighted by molar-refractivity contribution is 0.0469. The van der Waals surface area contributed by atoms with Crippen molar-refractivity contribution < 1.29 is 14.2 Å². The van der Waals surface area contributed by atoms with Crippen molar-refractivity contribution in [3.8, 4) is 0 Å². The summed E-state index contributed by atoms with van der Waals surface area (Å²) in [5.41, 5.74) is 7.38. The predicted octanol–water partition coefficient (Wildman–Crippen LogP) is 1.69. The van der Waals surface area contributed by atoms with Crippen LogP contribution < -0.4 is 5.73 Å². The number of nitrogens with zero attached hydrogens (tertiary/aromatic N) is 2. The Bertz CT molecular complexity index is 527. The van der Waals surface area contributed by atoms with E-state index in [-0.39, 0.29) is 6.61 Å². The molecule has 0 aliphatic carbocycles. The third-order valence-corrected chi connectivity index (χ3v) is 3.29. The highest BCUT2D eigenvalue weighted by Crippen LogP contribution is 2.24. The average molecular weight is 253 g/mol. The molecule has 0 fully saturated rings. The Kier molecular flexibility index (Phi) is 3.10. The van der Waals surface area contributed by atoms with Crippen molar-refractivity contribution in [1.29, 1.82) is 0 Å². The van der Waals surface area contributed by atoms with E-state index in [0.29, 0.717) is 22.0 Å². The van der Waals surface area contributed by atoms with Crippen LogP contribution >= 0.6 is 11.3 Å². The van der Waals surface area contributed by atoms with Gasteiger partial charge in [0, 0.05) is 10.6 Å². The minimum Gasteiger partial charge on any atom is -0.455 e. The number of hydrogen-bond acceptors (Lipinski definition) is 7. The van der Waals surface area contributed by atoms with Gasteiger partial charge in [-0.15, -0.1) is 11.3 Å². The third kappa shape index (κ3) is 2.44. The van der Waals surface area contributed by atoms with Crippen LogP contribution in [-0.4, -0.2) is 16.3 Å². The molecule has 0 saturated heterocycles. The topological polar surface area (TPSA) is 91.2 Å². The second kappa shape index (κ2) is 4.54. The number of aromatic nitrogens is 2. The Balaban J connectivity index is 2.00. The lowest BCUT2D eigenvalue weighted by Gasteiger charge is -1.99. The molecule has 0 aromatic carbocycles. The van der Waals surface area contributed by atoms with E-state index in [1.54, 1.807) is 13.0 Å². The molecular formula is C10H11N3O3S. The molecule has 6 nitrogen and oxygen atoms in total. The lowest BCUT2D eigenvalue weighted by Crippen LogP contribution is -2.04. The summed E-state index contributed by atoms with van der Waals surface area (Å²) in [4.78, 5) is 13.1. The fraction of sp³-hybridized carbons (Fsp3) is 0.300. The van der Waals surface area contributed by atoms with Gasteiger partial charge in [0.1, 0.15) is 22.9 Å². The van der Waals surface area contributed by atoms with Crippen LogP contribution in [0.4, 0.5) is 5.69 Å². The van der Waals surface area contributed by atoms with E-state index in [0.717, 1.165) is 4.88 Å². The van der Waals surface area contributed by atoms with Crippen molar-refractivity contribution in [2.24, 2.45) is 0 Å². The molecule has 2 heterocycles. The quantitative estimate of drug-likeness (QED) is 0.837. The summed E-state index contributed by atoms with van der Waals surface area (Å²) in [6.45, 7) is 3.63. The number of hydrogen-bond donors (Lipinski definition) is 1. The molecule has 17 heavy (non-hydrogen) atoms. The summed E-state index contributed by atoms with van der Waals surface area (Å²) in [5, 5.41) is 7.21. The lowest BCUT2D eigenvalue weighted by atomic mass is 10.3. The van der Waals surface area contributed by atoms with Gasteiger partial charge in [0.2, 0.25) is 0 Å². The Morgan fingerprint density at radius 1 is 1.53 bits per heavy atom. The van der Waals surface area contributed by atoms with Crippen molar-refractivity contribution in [3.63, 3.8) is 0 Å². The number of anilines is 1. The predicted molar refractivity (Wildman–Crippen MR) is 61.6 cm³/mol. The van der Waals surface area contributed by atoms with Gasteiger partial charge in [0.05, 0.1) is 0 Å². The van der Waals surface area contributed by atoms with Crippen LogP contribution in [0.3, 0.4) is 0 Å². The number of nitrogen functional groups attached to an aromatic ring is 1. The van der Waals surface area contributed by atoms with E-state index < -0.39 is 5.97 Å². The van der Waals surface area contributed by atoms with Gasteiger partial charge in [-0.1, -0.05) is 10.3 Å². The van der Waals surface area contributed by atoms with E-state index in [2.05, 4.69) is 14.9 Å². The zero-order chi connectivity index (χ0) is 12.4. The summed E-state index contributed by atoms with van der Waals surface area (Å²) >= 11 is 1.30. The molecule has 2 N–H and O–H groups in total. The molecule has 0 aliphatic rings. The van der Waals surface area contributed by atoms with Crippen LogP contribution in [0.5, 0.6) is 0 Å². The number of rotatable bonds is 3. The van der Waals surface area contributed by atoms with Crippen LogP contribution in [0, 0.1) is 13.8 Å². The largest absolute Gasteiger partial charge is 0.455 e. The van der Waals surface area contributed by atoms with Gasteiger partial charge in [-0.2, -0.15) is 0 Å². The third-order valence-electron chi connectivity index (χ3n) is 2.24. The molecule has 90 valence electrons. The van der Waals surface area contributed by atoms with Crippen molar-refractivity contribution in [2.75, 3.05) is 5.73 Å². The molecule has 0 spiro atoms. The zero-order valence-corrected chi connectivity index (χ0v) is 10.2. The molecule has 0 unspecified atom stereocenters. The van der Waals surface area contributed by atoms with E-state index in [4.69, 9.17) is 10.5 Å². The summed E-state index contributed by atoms with van der Waals surface area (Å²) < 4.78 is 9.57. The zero-order valence-electron chi connectivity index (χ0n) is 9.39. The Hall–Kier alpha value is -1.89. The normalized spacial score (nSPS) is 10.5. The second-order valence-corrected chi connectivity index (χ2v) is 4.75. The minimum atomic E-state index is -0.419. The summed E-state index contributed by atoms with van der Waals surface area (Å²) in [5.74, 6) is -0.419. The van der Waals surface area contributed by atoms with Crippen LogP contribution in [0.25, 0.3) is 0 Å². The smallest absolute Gasteiger partial charge is 0.348 e. The minimum absolute atomic E-state index is 0.0466. The van der Waals surface area contributed by atoms with Gasteiger partial charge in [-0.3, -0.25) is 0 Å². The van der Waals surface area contributed by atoms with Crippen LogP contribution in [0.15, 0.2) is 10.7 Å². The molecule has 0 amide bonds. The Morgan fingerprint density at radius 2 is 2.29 bits per heavy atom. The SMILES string of the molecule is Cc1nonc1COC(=O)c1cc(N)c(C)s1. The maximum Gasteiger partial charge on any atom is 0.348 e. The first kappa shape index (κ1) is 11.6. The van der Waals surface area contributed by atoms with Gasteiger partial charge in [-0.05, 0) is 19.9 Å². The standard InChI is InChI=1S/C10H11N3O3S/c1-5-8(13-16-12-5)4-15-10(14)9-3-7(11)6(2)17-9/h3H,4,11H2,1-2H3. The summed E-state index contributed by atoms with van der Waals surface area (Å²) in [6.07, 6.45) is 0. The van der Waals surface area contributed by atoms with Crippen LogP contribution in [-0.2, 0) is 11.3 Å². The number of carbonyl (C=O) groups excluding carboxylic acids is 1. The van der Waals surface area contributed by atoms with Gasteiger partial charge >= 0.3 is 5.97 Å². The molecular weight excluding hydrogens is 242 g/mol. The summed E-state index contributed by atoms with van der Waals surface area (Å²) in [6, 6.07) is 1.61. The molecule has 0 saturated carbocycles. The van der Waals surface area contributed by atoms with Gasteiger partial charge in [0.25, 0.3) is 0 Å². The molecule has 0 atom stereocenters. The Morgan fingerprint density at radius 3 is 2.82 bits per heavy atom. The molecule has 2 aromatic heterocycles. The number of nitrogens with two attached hydrogens (primary N) is 1. The fourth-order valence-electron chi connectivity index (χ4n) is 1.18. The second-order valence-electron chi connectivity index (χ2n) is 3.49. The van der Waals surface area contributed by atoms with E-state index in [9.17, 15) is 4.79 Å². The molecule has 7 heteroatoms. The van der Waals surface area contributed by atoms with Crippen molar-refractivity contribution in [1.82, 2.24) is 10.3 Å². The van der Waals surface area contributed by atoms with E-state index in [1.165, 1.54) is 11.3 Å². The number of thiophene rings is 1. The van der Waals surface area contributed by atoms with Crippen LogP contribution in [0.1, 0.15) is 25.9 Å². The maximum atomic E-state index is 11.7. The monoisotopic (exact) mass is 253 g/mol. The highest BCUT2D eigenvalue weighted by molar-refractivity contribution is 7.14. The number of aryl methyl sites for hydroxylation is 2. The fourth-order valence-corrected chi connectivity index (χ4v) is 2.02. The molecule has 0 aliphatic heterocycles. The molecule has 0 radical (unpaired) electrons. The van der Waals surface area contributed by atoms with Crippen LogP contribution in [0.2, 0.25) is 0 Å². The number of carbonyl (C=O) groups is 1. The van der Waals surface area contributed by atoms with Crippen molar-refractivity contribution in [3.05, 3.63) is 27.2 Å². The van der Waals surface area contributed by atoms with Crippen molar-refractivity contribution >= 4 is 23.0 Å². The first-order valence-electron chi connectivity index (χ1n) is 4.89. The molecule has 0 bridgehead atoms. The van der Waals surface area contributed by atoms with Gasteiger partial charge < -0.3 is 10.5 Å². The number of esters is 1. The first-order valence-corrected chi connectivity index (χ1v) is 5.70. The van der Waals surface area contributed by atoms with E-state index >= 15 is 0 Å². The first-order chi connectivity index (χ1) is 8.08. The summed E-state index contributed by atoms with van der Waals surface area (Å²) in [7, 11) is 0. The highest BCUT2D eigenvalue weighted by Gasteiger charge is 2.14. The highest BCUT2D eigenvalue weighted by atomic mass is 32.1. The van der Waals surface area contributed by atoms with E-state index in [1.807, 2.05) is 6.92 Å². The van der Waals surface area contributed by atoms with Gasteiger partial charge in [-0.25, -0.2) is 9.42 Å². The maximum absolute atomic E-state index is 11.7. The van der Waals surface area contributed by atoms with Crippen molar-refractivity contribution in [2.45, 2.75) is 20.5 Å². The average Bonchev–Trinajstić information content (AvgIpc) is 2.83. The van der Waals surface area contributed by atoms with Gasteiger partial charge in [0.15, 0.2) is 0 Å².